The number of carbonyl (C=O) groups excluding carboxylic acids is 2. The Bertz CT molecular complexity index is 894. The molecule has 2 aromatic carbocycles. The Balaban J connectivity index is 1.57. The van der Waals surface area contributed by atoms with Crippen LogP contribution in [-0.2, 0) is 9.47 Å². The van der Waals surface area contributed by atoms with Crippen LogP contribution < -0.4 is 15.5 Å². The van der Waals surface area contributed by atoms with Crippen LogP contribution in [0.3, 0.4) is 0 Å². The summed E-state index contributed by atoms with van der Waals surface area (Å²) in [5.74, 6) is -0.217. The second kappa shape index (κ2) is 9.39. The average Bonchev–Trinajstić information content (AvgIpc) is 2.67. The van der Waals surface area contributed by atoms with Gasteiger partial charge in [-0.1, -0.05) is 0 Å². The minimum absolute atomic E-state index is 0.191. The molecular formula is C24H31N3O4. The number of benzene rings is 2. The zero-order valence-corrected chi connectivity index (χ0v) is 18.8. The van der Waals surface area contributed by atoms with Gasteiger partial charge in [0.05, 0.1) is 12.2 Å². The van der Waals surface area contributed by atoms with Gasteiger partial charge in [-0.3, -0.25) is 10.1 Å². The fourth-order valence-electron chi connectivity index (χ4n) is 3.47. The highest BCUT2D eigenvalue weighted by Crippen LogP contribution is 2.23. The molecule has 31 heavy (non-hydrogen) atoms. The van der Waals surface area contributed by atoms with Crippen LogP contribution >= 0.6 is 0 Å². The molecular weight excluding hydrogens is 394 g/mol. The largest absolute Gasteiger partial charge is 0.444 e. The molecule has 1 fully saturated rings. The second-order valence-corrected chi connectivity index (χ2v) is 8.87. The minimum atomic E-state index is -0.572. The van der Waals surface area contributed by atoms with Gasteiger partial charge in [-0.2, -0.15) is 0 Å². The van der Waals surface area contributed by atoms with E-state index in [2.05, 4.69) is 29.4 Å². The molecule has 1 aliphatic rings. The lowest BCUT2D eigenvalue weighted by Crippen LogP contribution is -2.45. The van der Waals surface area contributed by atoms with Crippen LogP contribution in [-0.4, -0.2) is 42.9 Å². The van der Waals surface area contributed by atoms with Gasteiger partial charge < -0.3 is 19.7 Å². The number of carbonyl (C=O) groups is 2. The predicted octanol–water partition coefficient (Wildman–Crippen LogP) is 4.90. The van der Waals surface area contributed by atoms with Gasteiger partial charge in [-0.25, -0.2) is 4.79 Å². The van der Waals surface area contributed by atoms with Gasteiger partial charge in [0, 0.05) is 35.7 Å². The molecule has 3 rings (SSSR count). The van der Waals surface area contributed by atoms with E-state index < -0.39 is 11.7 Å². The topological polar surface area (TPSA) is 79.9 Å². The van der Waals surface area contributed by atoms with Crippen LogP contribution in [0.5, 0.6) is 0 Å². The van der Waals surface area contributed by atoms with E-state index in [1.807, 2.05) is 24.3 Å². The Kier molecular flexibility index (Phi) is 6.85. The van der Waals surface area contributed by atoms with Crippen LogP contribution in [0.4, 0.5) is 21.9 Å². The lowest BCUT2D eigenvalue weighted by atomic mass is 10.1. The molecule has 0 radical (unpaired) electrons. The maximum atomic E-state index is 12.6. The molecule has 7 nitrogen and oxygen atoms in total. The molecule has 0 aromatic heterocycles. The quantitative estimate of drug-likeness (QED) is 0.728. The SMILES string of the molecule is CC1CN(c2ccc(NC(=O)c3ccc(NC(=O)OC(C)(C)C)cc3)cc2)CC(C)O1. The molecule has 0 aliphatic carbocycles. The van der Waals surface area contributed by atoms with E-state index in [1.54, 1.807) is 45.0 Å². The second-order valence-electron chi connectivity index (χ2n) is 8.87. The van der Waals surface area contributed by atoms with Gasteiger partial charge in [0.1, 0.15) is 5.60 Å². The Morgan fingerprint density at radius 2 is 1.42 bits per heavy atom. The lowest BCUT2D eigenvalue weighted by molar-refractivity contribution is -0.00522. The Labute approximate surface area is 183 Å². The summed E-state index contributed by atoms with van der Waals surface area (Å²) in [6.45, 7) is 11.2. The van der Waals surface area contributed by atoms with E-state index in [0.717, 1.165) is 24.5 Å². The number of hydrogen-bond donors (Lipinski definition) is 2. The molecule has 2 atom stereocenters. The highest BCUT2D eigenvalue weighted by molar-refractivity contribution is 6.04. The van der Waals surface area contributed by atoms with Crippen molar-refractivity contribution in [2.24, 2.45) is 0 Å². The van der Waals surface area contributed by atoms with Crippen LogP contribution in [0.25, 0.3) is 0 Å². The smallest absolute Gasteiger partial charge is 0.412 e. The highest BCUT2D eigenvalue weighted by atomic mass is 16.6. The number of amides is 2. The monoisotopic (exact) mass is 425 g/mol. The first kappa shape index (κ1) is 22.6. The van der Waals surface area contributed by atoms with Crippen LogP contribution in [0, 0.1) is 0 Å². The van der Waals surface area contributed by atoms with Gasteiger partial charge in [0.15, 0.2) is 0 Å². The first-order valence-electron chi connectivity index (χ1n) is 10.5. The van der Waals surface area contributed by atoms with Crippen molar-refractivity contribution >= 4 is 29.1 Å². The molecule has 2 aromatic rings. The van der Waals surface area contributed by atoms with Crippen molar-refractivity contribution in [2.75, 3.05) is 28.6 Å². The summed E-state index contributed by atoms with van der Waals surface area (Å²) >= 11 is 0. The number of ether oxygens (including phenoxy) is 2. The summed E-state index contributed by atoms with van der Waals surface area (Å²) < 4.78 is 11.0. The number of nitrogens with zero attached hydrogens (tertiary/aromatic N) is 1. The van der Waals surface area contributed by atoms with Crippen LogP contribution in [0.15, 0.2) is 48.5 Å². The zero-order valence-electron chi connectivity index (χ0n) is 18.8. The highest BCUT2D eigenvalue weighted by Gasteiger charge is 2.22. The number of rotatable bonds is 4. The molecule has 2 unspecified atom stereocenters. The van der Waals surface area contributed by atoms with Gasteiger partial charge >= 0.3 is 6.09 Å². The van der Waals surface area contributed by atoms with Gasteiger partial charge in [-0.05, 0) is 83.1 Å². The summed E-state index contributed by atoms with van der Waals surface area (Å²) in [6, 6.07) is 14.5. The number of nitrogens with one attached hydrogen (secondary N) is 2. The number of hydrogen-bond acceptors (Lipinski definition) is 5. The molecule has 1 saturated heterocycles. The van der Waals surface area contributed by atoms with E-state index >= 15 is 0 Å². The Morgan fingerprint density at radius 3 is 1.97 bits per heavy atom. The van der Waals surface area contributed by atoms with Gasteiger partial charge in [0.25, 0.3) is 5.91 Å². The molecule has 2 amide bonds. The maximum absolute atomic E-state index is 12.6. The third-order valence-electron chi connectivity index (χ3n) is 4.70. The predicted molar refractivity (Wildman–Crippen MR) is 123 cm³/mol. The van der Waals surface area contributed by atoms with Crippen LogP contribution in [0.2, 0.25) is 0 Å². The summed E-state index contributed by atoms with van der Waals surface area (Å²) in [5.41, 5.74) is 2.31. The van der Waals surface area contributed by atoms with E-state index in [1.165, 1.54) is 0 Å². The van der Waals surface area contributed by atoms with Crippen molar-refractivity contribution in [1.29, 1.82) is 0 Å². The average molecular weight is 426 g/mol. The molecule has 0 saturated carbocycles. The van der Waals surface area contributed by atoms with E-state index in [0.29, 0.717) is 11.3 Å². The Morgan fingerprint density at radius 1 is 0.903 bits per heavy atom. The molecule has 2 N–H and O–H groups in total. The molecule has 7 heteroatoms. The van der Waals surface area contributed by atoms with Gasteiger partial charge in [0.2, 0.25) is 0 Å². The van der Waals surface area contributed by atoms with E-state index in [4.69, 9.17) is 9.47 Å². The standard InChI is InChI=1S/C24H31N3O4/c1-16-14-27(15-17(2)30-16)21-12-10-19(11-13-21)25-22(28)18-6-8-20(9-7-18)26-23(29)31-24(3,4)5/h6-13,16-17H,14-15H2,1-5H3,(H,25,28)(H,26,29). The summed E-state index contributed by atoms with van der Waals surface area (Å²) in [5, 5.41) is 5.55. The van der Waals surface area contributed by atoms with Crippen molar-refractivity contribution in [3.8, 4) is 0 Å². The first-order valence-corrected chi connectivity index (χ1v) is 10.5. The molecule has 1 aliphatic heterocycles. The maximum Gasteiger partial charge on any atom is 0.412 e. The molecule has 0 bridgehead atoms. The van der Waals surface area contributed by atoms with Crippen molar-refractivity contribution in [3.63, 3.8) is 0 Å². The lowest BCUT2D eigenvalue weighted by Gasteiger charge is -2.36. The van der Waals surface area contributed by atoms with Crippen molar-refractivity contribution in [2.45, 2.75) is 52.4 Å². The summed E-state index contributed by atoms with van der Waals surface area (Å²) in [7, 11) is 0. The van der Waals surface area contributed by atoms with E-state index in [9.17, 15) is 9.59 Å². The fraction of sp³-hybridized carbons (Fsp3) is 0.417. The fourth-order valence-corrected chi connectivity index (χ4v) is 3.47. The summed E-state index contributed by atoms with van der Waals surface area (Å²) in [4.78, 5) is 26.7. The first-order chi connectivity index (χ1) is 14.6. The third kappa shape index (κ3) is 6.72. The molecule has 0 spiro atoms. The zero-order chi connectivity index (χ0) is 22.6. The van der Waals surface area contributed by atoms with Crippen molar-refractivity contribution in [1.82, 2.24) is 0 Å². The number of anilines is 3. The number of morpholine rings is 1. The molecule has 166 valence electrons. The van der Waals surface area contributed by atoms with Crippen molar-refractivity contribution in [3.05, 3.63) is 54.1 Å². The molecule has 1 heterocycles. The van der Waals surface area contributed by atoms with E-state index in [-0.39, 0.29) is 18.1 Å². The van der Waals surface area contributed by atoms with Crippen molar-refractivity contribution < 1.29 is 19.1 Å². The van der Waals surface area contributed by atoms with Crippen LogP contribution in [0.1, 0.15) is 45.0 Å². The third-order valence-corrected chi connectivity index (χ3v) is 4.70. The minimum Gasteiger partial charge on any atom is -0.444 e. The van der Waals surface area contributed by atoms with Gasteiger partial charge in [-0.15, -0.1) is 0 Å². The Hall–Kier alpha value is -3.06. The summed E-state index contributed by atoms with van der Waals surface area (Å²) in [6.07, 6.45) is -0.152. The normalized spacial score (nSPS) is 18.9.